The number of nitrogens with one attached hydrogen (secondary N) is 1. The number of nitrogen functional groups attached to an aromatic ring is 1. The van der Waals surface area contributed by atoms with E-state index in [1.165, 1.54) is 19.2 Å². The van der Waals surface area contributed by atoms with E-state index in [9.17, 15) is 0 Å². The van der Waals surface area contributed by atoms with E-state index in [0.29, 0.717) is 34.6 Å². The van der Waals surface area contributed by atoms with E-state index in [4.69, 9.17) is 26.8 Å². The van der Waals surface area contributed by atoms with Gasteiger partial charge < -0.3 is 20.5 Å². The van der Waals surface area contributed by atoms with Crippen LogP contribution in [0.2, 0.25) is 5.02 Å². The molecule has 168 valence electrons. The normalized spacial score (nSPS) is 13.8. The summed E-state index contributed by atoms with van der Waals surface area (Å²) in [6.07, 6.45) is 8.01. The molecule has 5 rings (SSSR count). The van der Waals surface area contributed by atoms with Gasteiger partial charge in [0.05, 0.1) is 28.0 Å². The van der Waals surface area contributed by atoms with E-state index in [2.05, 4.69) is 20.3 Å². The first kappa shape index (κ1) is 21.3. The zero-order chi connectivity index (χ0) is 22.6. The third-order valence-electron chi connectivity index (χ3n) is 5.66. The van der Waals surface area contributed by atoms with Crippen molar-refractivity contribution in [1.82, 2.24) is 15.0 Å². The minimum Gasteiger partial charge on any atom is -0.488 e. The van der Waals surface area contributed by atoms with Crippen molar-refractivity contribution in [2.24, 2.45) is 0 Å². The number of hydrogen-bond donors (Lipinski definition) is 2. The molecule has 8 heteroatoms. The van der Waals surface area contributed by atoms with Crippen molar-refractivity contribution in [3.05, 3.63) is 71.8 Å². The molecule has 0 amide bonds. The molecule has 1 saturated carbocycles. The summed E-state index contributed by atoms with van der Waals surface area (Å²) in [5.74, 6) is 1.90. The Kier molecular flexibility index (Phi) is 6.13. The molecule has 0 atom stereocenters. The van der Waals surface area contributed by atoms with E-state index in [1.54, 1.807) is 12.3 Å². The number of rotatable bonds is 7. The van der Waals surface area contributed by atoms with Gasteiger partial charge in [-0.15, -0.1) is 0 Å². The summed E-state index contributed by atoms with van der Waals surface area (Å²) in [5, 5.41) is 4.60. The van der Waals surface area contributed by atoms with Crippen LogP contribution in [0.3, 0.4) is 0 Å². The van der Waals surface area contributed by atoms with Gasteiger partial charge in [0, 0.05) is 23.3 Å². The van der Waals surface area contributed by atoms with Gasteiger partial charge in [0.15, 0.2) is 0 Å². The second-order valence-electron chi connectivity index (χ2n) is 8.03. The van der Waals surface area contributed by atoms with Gasteiger partial charge in [0.2, 0.25) is 0 Å². The Hall–Kier alpha value is -3.58. The zero-order valence-corrected chi connectivity index (χ0v) is 18.8. The number of nitrogens with two attached hydrogens (primary N) is 1. The Bertz CT molecular complexity index is 1260. The fraction of sp³-hybridized carbons (Fsp3) is 0.240. The highest BCUT2D eigenvalue weighted by atomic mass is 35.5. The highest BCUT2D eigenvalue weighted by Crippen LogP contribution is 2.35. The zero-order valence-electron chi connectivity index (χ0n) is 18.0. The second kappa shape index (κ2) is 9.50. The number of anilines is 3. The first-order chi connectivity index (χ1) is 16.2. The van der Waals surface area contributed by atoms with Gasteiger partial charge in [-0.3, -0.25) is 4.98 Å². The highest BCUT2D eigenvalue weighted by molar-refractivity contribution is 6.32. The summed E-state index contributed by atoms with van der Waals surface area (Å²) in [7, 11) is 0. The molecule has 0 spiro atoms. The van der Waals surface area contributed by atoms with Crippen molar-refractivity contribution in [3.63, 3.8) is 0 Å². The number of ether oxygens (including phenoxy) is 2. The van der Waals surface area contributed by atoms with Crippen molar-refractivity contribution >= 4 is 39.7 Å². The molecule has 0 aliphatic heterocycles. The predicted octanol–water partition coefficient (Wildman–Crippen LogP) is 5.90. The molecular weight excluding hydrogens is 438 g/mol. The van der Waals surface area contributed by atoms with Crippen LogP contribution in [0.25, 0.3) is 10.9 Å². The molecule has 2 heterocycles. The SMILES string of the molecule is Nc1cc2c(Nc3ccc(OCc4ccccn4)c(Cl)c3)ncnc2cc1OC1CCCC1. The molecule has 1 aliphatic carbocycles. The second-order valence-corrected chi connectivity index (χ2v) is 8.44. The van der Waals surface area contributed by atoms with E-state index in [1.807, 2.05) is 42.5 Å². The van der Waals surface area contributed by atoms with Crippen LogP contribution in [0, 0.1) is 0 Å². The first-order valence-corrected chi connectivity index (χ1v) is 11.3. The summed E-state index contributed by atoms with van der Waals surface area (Å²) < 4.78 is 11.9. The third-order valence-corrected chi connectivity index (χ3v) is 5.95. The monoisotopic (exact) mass is 461 g/mol. The number of hydrogen-bond acceptors (Lipinski definition) is 7. The Morgan fingerprint density at radius 3 is 2.67 bits per heavy atom. The van der Waals surface area contributed by atoms with Crippen LogP contribution in [0.4, 0.5) is 17.2 Å². The van der Waals surface area contributed by atoms with Crippen LogP contribution >= 0.6 is 11.6 Å². The lowest BCUT2D eigenvalue weighted by molar-refractivity contribution is 0.211. The molecule has 2 aromatic heterocycles. The molecule has 4 aromatic rings. The summed E-state index contributed by atoms with van der Waals surface area (Å²) in [5.41, 5.74) is 9.24. The van der Waals surface area contributed by atoms with Crippen molar-refractivity contribution in [3.8, 4) is 11.5 Å². The van der Waals surface area contributed by atoms with Gasteiger partial charge in [0.1, 0.15) is 30.3 Å². The summed E-state index contributed by atoms with van der Waals surface area (Å²) in [4.78, 5) is 13.1. The van der Waals surface area contributed by atoms with E-state index >= 15 is 0 Å². The van der Waals surface area contributed by atoms with Crippen LogP contribution in [-0.4, -0.2) is 21.1 Å². The molecule has 0 radical (unpaired) electrons. The van der Waals surface area contributed by atoms with Crippen LogP contribution < -0.4 is 20.5 Å². The maximum atomic E-state index is 6.45. The van der Waals surface area contributed by atoms with Crippen LogP contribution in [0.1, 0.15) is 31.4 Å². The number of aromatic nitrogens is 3. The first-order valence-electron chi connectivity index (χ1n) is 11.0. The van der Waals surface area contributed by atoms with Crippen molar-refractivity contribution < 1.29 is 9.47 Å². The van der Waals surface area contributed by atoms with Gasteiger partial charge in [0.25, 0.3) is 0 Å². The molecule has 0 bridgehead atoms. The van der Waals surface area contributed by atoms with Crippen molar-refractivity contribution in [2.45, 2.75) is 38.4 Å². The maximum absolute atomic E-state index is 6.45. The van der Waals surface area contributed by atoms with Gasteiger partial charge in [-0.05, 0) is 62.1 Å². The summed E-state index contributed by atoms with van der Waals surface area (Å²) in [6, 6.07) is 14.9. The lowest BCUT2D eigenvalue weighted by Gasteiger charge is -2.16. The third kappa shape index (κ3) is 4.93. The van der Waals surface area contributed by atoms with Gasteiger partial charge in [-0.2, -0.15) is 0 Å². The number of nitrogens with zero attached hydrogens (tertiary/aromatic N) is 3. The average Bonchev–Trinajstić information content (AvgIpc) is 3.33. The predicted molar refractivity (Wildman–Crippen MR) is 130 cm³/mol. The number of fused-ring (bicyclic) bond motifs is 1. The molecule has 3 N–H and O–H groups in total. The van der Waals surface area contributed by atoms with E-state index in [-0.39, 0.29) is 6.10 Å². The van der Waals surface area contributed by atoms with Gasteiger partial charge >= 0.3 is 0 Å². The van der Waals surface area contributed by atoms with Gasteiger partial charge in [-0.25, -0.2) is 9.97 Å². The fourth-order valence-corrected chi connectivity index (χ4v) is 4.19. The molecule has 0 unspecified atom stereocenters. The Labute approximate surface area is 196 Å². The molecule has 2 aromatic carbocycles. The van der Waals surface area contributed by atoms with Crippen LogP contribution in [0.15, 0.2) is 61.1 Å². The van der Waals surface area contributed by atoms with Crippen LogP contribution in [-0.2, 0) is 6.61 Å². The largest absolute Gasteiger partial charge is 0.488 e. The average molecular weight is 462 g/mol. The summed E-state index contributed by atoms with van der Waals surface area (Å²) in [6.45, 7) is 0.342. The molecular formula is C25H24ClN5O2. The van der Waals surface area contributed by atoms with Gasteiger partial charge in [-0.1, -0.05) is 17.7 Å². The lowest BCUT2D eigenvalue weighted by Crippen LogP contribution is -2.12. The Balaban J connectivity index is 1.34. The molecule has 0 saturated heterocycles. The quantitative estimate of drug-likeness (QED) is 0.330. The minimum absolute atomic E-state index is 0.227. The van der Waals surface area contributed by atoms with Crippen molar-refractivity contribution in [2.75, 3.05) is 11.1 Å². The van der Waals surface area contributed by atoms with E-state index in [0.717, 1.165) is 35.1 Å². The smallest absolute Gasteiger partial charge is 0.144 e. The number of halogens is 1. The standard InChI is InChI=1S/C25H24ClN5O2/c26-20-11-16(8-9-23(20)32-14-17-5-3-4-10-28-17)31-25-19-12-21(27)24(13-22(19)29-15-30-25)33-18-6-1-2-7-18/h3-5,8-13,15,18H,1-2,6-7,14,27H2,(H,29,30,31). The van der Waals surface area contributed by atoms with Crippen molar-refractivity contribution in [1.29, 1.82) is 0 Å². The Morgan fingerprint density at radius 1 is 1.00 bits per heavy atom. The topological polar surface area (TPSA) is 95.2 Å². The number of pyridine rings is 1. The highest BCUT2D eigenvalue weighted by Gasteiger charge is 2.18. The maximum Gasteiger partial charge on any atom is 0.144 e. The minimum atomic E-state index is 0.227. The van der Waals surface area contributed by atoms with Crippen LogP contribution in [0.5, 0.6) is 11.5 Å². The lowest BCUT2D eigenvalue weighted by atomic mass is 10.2. The van der Waals surface area contributed by atoms with E-state index < -0.39 is 0 Å². The molecule has 7 nitrogen and oxygen atoms in total. The molecule has 33 heavy (non-hydrogen) atoms. The fourth-order valence-electron chi connectivity index (χ4n) is 3.96. The molecule has 1 aliphatic rings. The summed E-state index contributed by atoms with van der Waals surface area (Å²) >= 11 is 6.45. The molecule has 1 fully saturated rings. The Morgan fingerprint density at radius 2 is 1.88 bits per heavy atom. The number of benzene rings is 2.